The highest BCUT2D eigenvalue weighted by molar-refractivity contribution is 6.07. The van der Waals surface area contributed by atoms with Gasteiger partial charge in [-0.1, -0.05) is 0 Å². The van der Waals surface area contributed by atoms with E-state index in [0.717, 1.165) is 5.52 Å². The molecule has 0 spiro atoms. The summed E-state index contributed by atoms with van der Waals surface area (Å²) >= 11 is 0. The Morgan fingerprint density at radius 2 is 2.10 bits per heavy atom. The number of hydrogen-bond donors (Lipinski definition) is 1. The molecule has 0 fully saturated rings. The average molecular weight is 268 g/mol. The van der Waals surface area contributed by atoms with Crippen LogP contribution >= 0.6 is 0 Å². The molecule has 0 radical (unpaired) electrons. The molecule has 2 heterocycles. The summed E-state index contributed by atoms with van der Waals surface area (Å²) in [5.74, 6) is 0.257. The van der Waals surface area contributed by atoms with Crippen LogP contribution in [0.1, 0.15) is 10.4 Å². The Morgan fingerprint density at radius 1 is 1.25 bits per heavy atom. The summed E-state index contributed by atoms with van der Waals surface area (Å²) in [6.45, 7) is 0. The van der Waals surface area contributed by atoms with Crippen molar-refractivity contribution in [3.05, 3.63) is 48.5 Å². The van der Waals surface area contributed by atoms with Crippen LogP contribution in [-0.2, 0) is 0 Å². The number of oxazole rings is 1. The quantitative estimate of drug-likeness (QED) is 0.769. The van der Waals surface area contributed by atoms with Gasteiger partial charge in [0.05, 0.1) is 11.9 Å². The molecule has 3 rings (SSSR count). The number of pyridine rings is 1. The normalized spacial score (nSPS) is 10.7. The molecule has 0 saturated carbocycles. The number of carbonyl (C=O) groups is 1. The molecule has 0 unspecified atom stereocenters. The summed E-state index contributed by atoms with van der Waals surface area (Å²) in [6, 6.07) is 8.54. The van der Waals surface area contributed by atoms with E-state index >= 15 is 0 Å². The minimum atomic E-state index is -0.158. The smallest absolute Gasteiger partial charge is 0.258 e. The van der Waals surface area contributed by atoms with Crippen LogP contribution in [0.2, 0.25) is 0 Å². The van der Waals surface area contributed by atoms with Gasteiger partial charge in [0.25, 0.3) is 5.91 Å². The Balaban J connectivity index is 1.92. The maximum absolute atomic E-state index is 12.4. The van der Waals surface area contributed by atoms with Gasteiger partial charge in [0.2, 0.25) is 0 Å². The highest BCUT2D eigenvalue weighted by atomic mass is 16.3. The highest BCUT2D eigenvalue weighted by Gasteiger charge is 2.15. The number of carbonyl (C=O) groups excluding carboxylic acids is 1. The summed E-state index contributed by atoms with van der Waals surface area (Å²) in [5, 5.41) is 0. The first-order chi connectivity index (χ1) is 9.65. The van der Waals surface area contributed by atoms with Gasteiger partial charge >= 0.3 is 0 Å². The lowest BCUT2D eigenvalue weighted by Crippen LogP contribution is -2.26. The summed E-state index contributed by atoms with van der Waals surface area (Å²) < 4.78 is 5.20. The SMILES string of the molecule is CN(C(=O)c1ccc2ncoc2c1)c1ccc(N)nc1. The van der Waals surface area contributed by atoms with Gasteiger partial charge in [0, 0.05) is 12.6 Å². The van der Waals surface area contributed by atoms with Crippen LogP contribution in [0, 0.1) is 0 Å². The number of benzene rings is 1. The Labute approximate surface area is 114 Å². The molecule has 20 heavy (non-hydrogen) atoms. The monoisotopic (exact) mass is 268 g/mol. The van der Waals surface area contributed by atoms with Crippen molar-refractivity contribution in [2.45, 2.75) is 0 Å². The number of aromatic nitrogens is 2. The fourth-order valence-corrected chi connectivity index (χ4v) is 1.89. The molecular formula is C14H12N4O2. The van der Waals surface area contributed by atoms with E-state index < -0.39 is 0 Å². The second-order valence-electron chi connectivity index (χ2n) is 4.34. The Bertz CT molecular complexity index is 764. The van der Waals surface area contributed by atoms with E-state index in [9.17, 15) is 4.79 Å². The molecule has 0 aliphatic rings. The molecule has 0 aliphatic carbocycles. The molecule has 2 N–H and O–H groups in total. The molecule has 100 valence electrons. The maximum atomic E-state index is 12.4. The number of fused-ring (bicyclic) bond motifs is 1. The van der Waals surface area contributed by atoms with Gasteiger partial charge in [0.15, 0.2) is 12.0 Å². The summed E-state index contributed by atoms with van der Waals surface area (Å²) in [6.07, 6.45) is 2.91. The number of amides is 1. The van der Waals surface area contributed by atoms with Gasteiger partial charge in [-0.25, -0.2) is 9.97 Å². The zero-order valence-corrected chi connectivity index (χ0v) is 10.8. The third-order valence-corrected chi connectivity index (χ3v) is 3.04. The number of hydrogen-bond acceptors (Lipinski definition) is 5. The first-order valence-electron chi connectivity index (χ1n) is 5.98. The molecule has 0 saturated heterocycles. The van der Waals surface area contributed by atoms with Crippen LogP contribution in [0.5, 0.6) is 0 Å². The van der Waals surface area contributed by atoms with E-state index in [0.29, 0.717) is 22.7 Å². The Hall–Kier alpha value is -2.89. The standard InChI is InChI=1S/C14H12N4O2/c1-18(10-3-5-13(15)16-7-10)14(19)9-2-4-11-12(6-9)20-8-17-11/h2-8H,1H3,(H2,15,16). The first kappa shape index (κ1) is 12.2. The third-order valence-electron chi connectivity index (χ3n) is 3.04. The Morgan fingerprint density at radius 3 is 2.85 bits per heavy atom. The van der Waals surface area contributed by atoms with E-state index in [1.54, 1.807) is 43.6 Å². The van der Waals surface area contributed by atoms with Crippen molar-refractivity contribution in [2.75, 3.05) is 17.7 Å². The van der Waals surface area contributed by atoms with Crippen LogP contribution in [0.15, 0.2) is 47.3 Å². The van der Waals surface area contributed by atoms with E-state index in [1.165, 1.54) is 11.3 Å². The molecular weight excluding hydrogens is 256 g/mol. The van der Waals surface area contributed by atoms with Crippen molar-refractivity contribution in [1.29, 1.82) is 0 Å². The van der Waals surface area contributed by atoms with Crippen molar-refractivity contribution in [1.82, 2.24) is 9.97 Å². The van der Waals surface area contributed by atoms with Gasteiger partial charge in [-0.15, -0.1) is 0 Å². The summed E-state index contributed by atoms with van der Waals surface area (Å²) in [4.78, 5) is 21.9. The number of nitrogens with zero attached hydrogens (tertiary/aromatic N) is 3. The fourth-order valence-electron chi connectivity index (χ4n) is 1.89. The number of rotatable bonds is 2. The minimum absolute atomic E-state index is 0.158. The topological polar surface area (TPSA) is 85.2 Å². The zero-order valence-electron chi connectivity index (χ0n) is 10.8. The largest absolute Gasteiger partial charge is 0.443 e. The van der Waals surface area contributed by atoms with Crippen molar-refractivity contribution in [3.63, 3.8) is 0 Å². The highest BCUT2D eigenvalue weighted by Crippen LogP contribution is 2.19. The Kier molecular flexibility index (Phi) is 2.83. The molecule has 0 atom stereocenters. The summed E-state index contributed by atoms with van der Waals surface area (Å²) in [5.41, 5.74) is 8.02. The van der Waals surface area contributed by atoms with Crippen molar-refractivity contribution < 1.29 is 9.21 Å². The van der Waals surface area contributed by atoms with Crippen LogP contribution in [0.25, 0.3) is 11.1 Å². The maximum Gasteiger partial charge on any atom is 0.258 e. The molecule has 0 bridgehead atoms. The van der Waals surface area contributed by atoms with Gasteiger partial charge in [-0.2, -0.15) is 0 Å². The fraction of sp³-hybridized carbons (Fsp3) is 0.0714. The van der Waals surface area contributed by atoms with Crippen LogP contribution in [-0.4, -0.2) is 22.9 Å². The van der Waals surface area contributed by atoms with Gasteiger partial charge in [-0.05, 0) is 30.3 Å². The zero-order chi connectivity index (χ0) is 14.1. The van der Waals surface area contributed by atoms with Crippen LogP contribution in [0.3, 0.4) is 0 Å². The van der Waals surface area contributed by atoms with Crippen LogP contribution < -0.4 is 10.6 Å². The molecule has 3 aromatic rings. The van der Waals surface area contributed by atoms with Gasteiger partial charge < -0.3 is 15.1 Å². The molecule has 0 aliphatic heterocycles. The van der Waals surface area contributed by atoms with Crippen molar-refractivity contribution in [3.8, 4) is 0 Å². The molecule has 1 amide bonds. The van der Waals surface area contributed by atoms with Crippen LogP contribution in [0.4, 0.5) is 11.5 Å². The van der Waals surface area contributed by atoms with Gasteiger partial charge in [0.1, 0.15) is 11.3 Å². The van der Waals surface area contributed by atoms with Crippen molar-refractivity contribution >= 4 is 28.5 Å². The third kappa shape index (κ3) is 2.07. The lowest BCUT2D eigenvalue weighted by molar-refractivity contribution is 0.0993. The van der Waals surface area contributed by atoms with E-state index in [4.69, 9.17) is 10.2 Å². The molecule has 2 aromatic heterocycles. The summed E-state index contributed by atoms with van der Waals surface area (Å²) in [7, 11) is 1.68. The lowest BCUT2D eigenvalue weighted by Gasteiger charge is -2.16. The number of nitrogens with two attached hydrogens (primary N) is 1. The second kappa shape index (κ2) is 4.65. The average Bonchev–Trinajstić information content (AvgIpc) is 2.94. The predicted octanol–water partition coefficient (Wildman–Crippen LogP) is 2.08. The lowest BCUT2D eigenvalue weighted by atomic mass is 10.2. The minimum Gasteiger partial charge on any atom is -0.443 e. The van der Waals surface area contributed by atoms with E-state index in [1.807, 2.05) is 0 Å². The van der Waals surface area contributed by atoms with Gasteiger partial charge in [-0.3, -0.25) is 4.79 Å². The van der Waals surface area contributed by atoms with E-state index in [2.05, 4.69) is 9.97 Å². The predicted molar refractivity (Wildman–Crippen MR) is 75.4 cm³/mol. The van der Waals surface area contributed by atoms with Crippen molar-refractivity contribution in [2.24, 2.45) is 0 Å². The number of nitrogen functional groups attached to an aromatic ring is 1. The van der Waals surface area contributed by atoms with E-state index in [-0.39, 0.29) is 5.91 Å². The number of anilines is 2. The molecule has 6 nitrogen and oxygen atoms in total. The molecule has 6 heteroatoms. The second-order valence-corrected chi connectivity index (χ2v) is 4.34. The molecule has 1 aromatic carbocycles. The first-order valence-corrected chi connectivity index (χ1v) is 5.98.